The second-order valence-electron chi connectivity index (χ2n) is 8.12. The third kappa shape index (κ3) is 3.24. The van der Waals surface area contributed by atoms with Crippen LogP contribution in [0.1, 0.15) is 40.0 Å². The Hall–Kier alpha value is -1.89. The van der Waals surface area contributed by atoms with Crippen LogP contribution < -0.4 is 10.2 Å². The number of hydrogen-bond donors (Lipinski definition) is 1. The van der Waals surface area contributed by atoms with Crippen LogP contribution in [-0.2, 0) is 14.6 Å². The van der Waals surface area contributed by atoms with Gasteiger partial charge in [0.25, 0.3) is 5.91 Å². The van der Waals surface area contributed by atoms with Crippen LogP contribution >= 0.6 is 0 Å². The van der Waals surface area contributed by atoms with Crippen molar-refractivity contribution in [2.45, 2.75) is 44.9 Å². The molecule has 26 heavy (non-hydrogen) atoms. The van der Waals surface area contributed by atoms with Crippen molar-refractivity contribution >= 4 is 21.5 Å². The highest BCUT2D eigenvalue weighted by Crippen LogP contribution is 2.63. The number of amides is 1. The molecule has 3 rings (SSSR count). The zero-order chi connectivity index (χ0) is 19.2. The quantitative estimate of drug-likeness (QED) is 0.799. The van der Waals surface area contributed by atoms with Crippen molar-refractivity contribution in [1.82, 2.24) is 5.43 Å². The lowest BCUT2D eigenvalue weighted by Crippen LogP contribution is -2.35. The smallest absolute Gasteiger partial charge is 0.277 e. The Bertz CT molecular complexity index is 843. The SMILES string of the molecule is CC12CCC(C/C1=N/NC(=O)COc1ccc(S(C)(=O)=O)cc1)C2(C)C. The standard InChI is InChI=1S/C19H26N2O4S/c1-18(2)13-9-10-19(18,3)16(11-13)20-21-17(22)12-25-14-5-7-15(8-6-14)26(4,23)24/h5-8,13H,9-12H2,1-4H3,(H,21,22)/b20-16-. The van der Waals surface area contributed by atoms with E-state index in [1.807, 2.05) is 0 Å². The molecular weight excluding hydrogens is 352 g/mol. The maximum atomic E-state index is 12.0. The maximum Gasteiger partial charge on any atom is 0.277 e. The number of ether oxygens (including phenoxy) is 1. The summed E-state index contributed by atoms with van der Waals surface area (Å²) >= 11 is 0. The van der Waals surface area contributed by atoms with Crippen molar-refractivity contribution in [2.75, 3.05) is 12.9 Å². The van der Waals surface area contributed by atoms with Gasteiger partial charge in [0.2, 0.25) is 0 Å². The number of rotatable bonds is 5. The van der Waals surface area contributed by atoms with Gasteiger partial charge in [-0.3, -0.25) is 4.79 Å². The third-order valence-corrected chi connectivity index (χ3v) is 7.58. The van der Waals surface area contributed by atoms with Crippen LogP contribution in [0.15, 0.2) is 34.3 Å². The maximum absolute atomic E-state index is 12.0. The molecule has 1 aromatic carbocycles. The van der Waals surface area contributed by atoms with Gasteiger partial charge in [0.1, 0.15) is 5.75 Å². The molecule has 2 fully saturated rings. The summed E-state index contributed by atoms with van der Waals surface area (Å²) in [4.78, 5) is 12.2. The highest BCUT2D eigenvalue weighted by atomic mass is 32.2. The van der Waals surface area contributed by atoms with E-state index in [0.29, 0.717) is 11.7 Å². The predicted octanol–water partition coefficient (Wildman–Crippen LogP) is 2.79. The Morgan fingerprint density at radius 1 is 1.27 bits per heavy atom. The Balaban J connectivity index is 1.56. The highest BCUT2D eigenvalue weighted by molar-refractivity contribution is 7.90. The van der Waals surface area contributed by atoms with E-state index in [4.69, 9.17) is 4.74 Å². The average molecular weight is 378 g/mol. The van der Waals surface area contributed by atoms with Gasteiger partial charge in [-0.25, -0.2) is 13.8 Å². The van der Waals surface area contributed by atoms with Gasteiger partial charge in [-0.05, 0) is 54.9 Å². The summed E-state index contributed by atoms with van der Waals surface area (Å²) in [7, 11) is -3.24. The number of hydrogen-bond acceptors (Lipinski definition) is 5. The number of carbonyl (C=O) groups is 1. The molecule has 6 nitrogen and oxygen atoms in total. The van der Waals surface area contributed by atoms with Crippen molar-refractivity contribution in [2.24, 2.45) is 21.8 Å². The first-order chi connectivity index (χ1) is 12.0. The highest BCUT2D eigenvalue weighted by Gasteiger charge is 2.59. The summed E-state index contributed by atoms with van der Waals surface area (Å²) < 4.78 is 28.3. The van der Waals surface area contributed by atoms with Gasteiger partial charge >= 0.3 is 0 Å². The van der Waals surface area contributed by atoms with Crippen LogP contribution in [-0.4, -0.2) is 32.9 Å². The van der Waals surface area contributed by atoms with Crippen LogP contribution in [0.2, 0.25) is 0 Å². The summed E-state index contributed by atoms with van der Waals surface area (Å²) in [6.07, 6.45) is 4.43. The van der Waals surface area contributed by atoms with Gasteiger partial charge in [0.05, 0.1) is 4.90 Å². The number of sulfone groups is 1. The second-order valence-corrected chi connectivity index (χ2v) is 10.1. The van der Waals surface area contributed by atoms with E-state index in [2.05, 4.69) is 31.3 Å². The monoisotopic (exact) mass is 378 g/mol. The first kappa shape index (κ1) is 18.9. The molecule has 2 unspecified atom stereocenters. The molecule has 2 bridgehead atoms. The third-order valence-electron chi connectivity index (χ3n) is 6.45. The minimum absolute atomic E-state index is 0.0489. The van der Waals surface area contributed by atoms with Crippen LogP contribution in [0.25, 0.3) is 0 Å². The molecule has 0 saturated heterocycles. The van der Waals surface area contributed by atoms with E-state index < -0.39 is 9.84 Å². The minimum Gasteiger partial charge on any atom is -0.484 e. The predicted molar refractivity (Wildman–Crippen MR) is 99.9 cm³/mol. The fourth-order valence-electron chi connectivity index (χ4n) is 4.19. The normalized spacial score (nSPS) is 28.3. The molecule has 2 atom stereocenters. The molecule has 2 saturated carbocycles. The van der Waals surface area contributed by atoms with Crippen molar-refractivity contribution in [1.29, 1.82) is 0 Å². The van der Waals surface area contributed by atoms with Gasteiger partial charge in [-0.2, -0.15) is 5.10 Å². The number of nitrogens with one attached hydrogen (secondary N) is 1. The largest absolute Gasteiger partial charge is 0.484 e. The fourth-order valence-corrected chi connectivity index (χ4v) is 4.82. The number of hydrazone groups is 1. The molecule has 142 valence electrons. The zero-order valence-corrected chi connectivity index (χ0v) is 16.5. The number of carbonyl (C=O) groups excluding carboxylic acids is 1. The first-order valence-electron chi connectivity index (χ1n) is 8.83. The summed E-state index contributed by atoms with van der Waals surface area (Å²) in [5.74, 6) is 0.745. The van der Waals surface area contributed by atoms with E-state index in [0.717, 1.165) is 24.8 Å². The molecule has 0 radical (unpaired) electrons. The van der Waals surface area contributed by atoms with Crippen molar-refractivity contribution in [3.8, 4) is 5.75 Å². The lowest BCUT2D eigenvalue weighted by Gasteiger charge is -2.34. The zero-order valence-electron chi connectivity index (χ0n) is 15.7. The molecule has 1 amide bonds. The minimum atomic E-state index is -3.24. The molecule has 7 heteroatoms. The Kier molecular flexibility index (Phi) is 4.63. The fraction of sp³-hybridized carbons (Fsp3) is 0.579. The molecular formula is C19H26N2O4S. The first-order valence-corrected chi connectivity index (χ1v) is 10.7. The van der Waals surface area contributed by atoms with Crippen molar-refractivity contribution in [3.63, 3.8) is 0 Å². The van der Waals surface area contributed by atoms with Crippen LogP contribution in [0.5, 0.6) is 5.75 Å². The molecule has 1 N–H and O–H groups in total. The number of nitrogens with zero attached hydrogens (tertiary/aromatic N) is 1. The molecule has 0 spiro atoms. The van der Waals surface area contributed by atoms with Gasteiger partial charge in [-0.1, -0.05) is 20.8 Å². The summed E-state index contributed by atoms with van der Waals surface area (Å²) in [5, 5.41) is 4.39. The lowest BCUT2D eigenvalue weighted by atomic mass is 9.70. The van der Waals surface area contributed by atoms with Gasteiger partial charge in [0.15, 0.2) is 16.4 Å². The van der Waals surface area contributed by atoms with Crippen molar-refractivity contribution in [3.05, 3.63) is 24.3 Å². The molecule has 2 aliphatic carbocycles. The van der Waals surface area contributed by atoms with Crippen molar-refractivity contribution < 1.29 is 17.9 Å². The summed E-state index contributed by atoms with van der Waals surface area (Å²) in [6.45, 7) is 6.65. The van der Waals surface area contributed by atoms with Gasteiger partial charge in [0, 0.05) is 17.4 Å². The van der Waals surface area contributed by atoms with E-state index >= 15 is 0 Å². The van der Waals surface area contributed by atoms with E-state index in [1.165, 1.54) is 30.7 Å². The Morgan fingerprint density at radius 2 is 1.92 bits per heavy atom. The van der Waals surface area contributed by atoms with E-state index in [9.17, 15) is 13.2 Å². The molecule has 0 aliphatic heterocycles. The molecule has 0 heterocycles. The van der Waals surface area contributed by atoms with Crippen LogP contribution in [0.4, 0.5) is 0 Å². The molecule has 2 aliphatic rings. The molecule has 1 aromatic rings. The van der Waals surface area contributed by atoms with E-state index in [-0.39, 0.29) is 28.2 Å². The van der Waals surface area contributed by atoms with E-state index in [1.54, 1.807) is 0 Å². The topological polar surface area (TPSA) is 84.8 Å². The van der Waals surface area contributed by atoms with Gasteiger partial charge < -0.3 is 4.74 Å². The Labute approximate surface area is 154 Å². The number of fused-ring (bicyclic) bond motifs is 2. The molecule has 0 aromatic heterocycles. The van der Waals surface area contributed by atoms with Crippen LogP contribution in [0.3, 0.4) is 0 Å². The number of benzene rings is 1. The summed E-state index contributed by atoms with van der Waals surface area (Å²) in [5.41, 5.74) is 3.95. The van der Waals surface area contributed by atoms with Crippen LogP contribution in [0, 0.1) is 16.7 Å². The Morgan fingerprint density at radius 3 is 2.42 bits per heavy atom. The lowest BCUT2D eigenvalue weighted by molar-refractivity contribution is -0.123. The second kappa shape index (κ2) is 6.37. The summed E-state index contributed by atoms with van der Waals surface area (Å²) in [6, 6.07) is 5.99. The average Bonchev–Trinajstić information content (AvgIpc) is 2.91. The van der Waals surface area contributed by atoms with Gasteiger partial charge in [-0.15, -0.1) is 0 Å².